The molecule has 1 rings (SSSR count). The van der Waals surface area contributed by atoms with E-state index in [2.05, 4.69) is 32.0 Å². The van der Waals surface area contributed by atoms with Gasteiger partial charge in [-0.1, -0.05) is 22.5 Å². The Labute approximate surface area is 121 Å². The van der Waals surface area contributed by atoms with Crippen molar-refractivity contribution in [2.24, 2.45) is 0 Å². The van der Waals surface area contributed by atoms with Crippen LogP contribution in [0.1, 0.15) is 0 Å². The van der Waals surface area contributed by atoms with E-state index in [0.29, 0.717) is 4.48 Å². The highest BCUT2D eigenvalue weighted by molar-refractivity contribution is 9.11. The highest BCUT2D eigenvalue weighted by Crippen LogP contribution is 2.14. The molecule has 0 saturated heterocycles. The fourth-order valence-corrected chi connectivity index (χ4v) is 3.25. The Hall–Kier alpha value is -0.740. The molecule has 0 amide bonds. The summed E-state index contributed by atoms with van der Waals surface area (Å²) in [6.07, 6.45) is 0. The van der Waals surface area contributed by atoms with Crippen molar-refractivity contribution in [3.63, 3.8) is 0 Å². The summed E-state index contributed by atoms with van der Waals surface area (Å²) < 4.78 is 51.6. The second kappa shape index (κ2) is 6.14. The zero-order valence-electron chi connectivity index (χ0n) is 10.1. The minimum Gasteiger partial charge on any atom is -0.214 e. The van der Waals surface area contributed by atoms with Crippen molar-refractivity contribution in [1.29, 1.82) is 0 Å². The minimum atomic E-state index is -3.68. The van der Waals surface area contributed by atoms with E-state index in [4.69, 9.17) is 0 Å². The van der Waals surface area contributed by atoms with Crippen LogP contribution in [0.4, 0.5) is 0 Å². The molecule has 0 heterocycles. The predicted molar refractivity (Wildman–Crippen MR) is 75.9 cm³/mol. The molecule has 1 aromatic rings. The van der Waals surface area contributed by atoms with Crippen LogP contribution >= 0.6 is 15.9 Å². The van der Waals surface area contributed by atoms with Crippen molar-refractivity contribution in [3.8, 4) is 0 Å². The largest absolute Gasteiger partial charge is 0.240 e. The van der Waals surface area contributed by atoms with Gasteiger partial charge in [0.1, 0.15) is 0 Å². The second-order valence-electron chi connectivity index (χ2n) is 3.52. The van der Waals surface area contributed by atoms with E-state index in [1.807, 2.05) is 0 Å². The van der Waals surface area contributed by atoms with Crippen molar-refractivity contribution >= 4 is 36.0 Å². The van der Waals surface area contributed by atoms with Gasteiger partial charge < -0.3 is 0 Å². The van der Waals surface area contributed by atoms with Crippen molar-refractivity contribution in [2.45, 2.75) is 9.79 Å². The number of nitrogens with one attached hydrogen (secondary N) is 2. The number of benzene rings is 1. The molecule has 1 aromatic carbocycles. The molecule has 0 unspecified atom stereocenters. The van der Waals surface area contributed by atoms with Gasteiger partial charge >= 0.3 is 0 Å². The van der Waals surface area contributed by atoms with Gasteiger partial charge in [-0.05, 0) is 31.3 Å². The summed E-state index contributed by atoms with van der Waals surface area (Å²) in [5.41, 5.74) is 0. The third kappa shape index (κ3) is 4.39. The van der Waals surface area contributed by atoms with Crippen LogP contribution in [-0.4, -0.2) is 30.4 Å². The molecule has 0 atom stereocenters. The first-order valence-corrected chi connectivity index (χ1v) is 8.81. The number of hydrogen-bond acceptors (Lipinski definition) is 4. The first-order chi connectivity index (χ1) is 8.69. The molecule has 0 aliphatic carbocycles. The zero-order valence-corrected chi connectivity index (χ0v) is 13.3. The maximum absolute atomic E-state index is 11.8. The van der Waals surface area contributed by atoms with Crippen LogP contribution in [0.15, 0.2) is 45.1 Å². The first kappa shape index (κ1) is 16.3. The SMILES string of the molecule is C=C(Br)CNS(=O)(=O)c1ccc(S(=O)(=O)NC)cc1. The molecule has 0 aliphatic rings. The first-order valence-electron chi connectivity index (χ1n) is 5.05. The fourth-order valence-electron chi connectivity index (χ4n) is 1.17. The van der Waals surface area contributed by atoms with Gasteiger partial charge in [-0.15, -0.1) is 0 Å². The Kier molecular flexibility index (Phi) is 5.27. The van der Waals surface area contributed by atoms with E-state index in [0.717, 1.165) is 0 Å². The van der Waals surface area contributed by atoms with Crippen LogP contribution in [0.25, 0.3) is 0 Å². The zero-order chi connectivity index (χ0) is 14.7. The van der Waals surface area contributed by atoms with Gasteiger partial charge in [0, 0.05) is 11.0 Å². The summed E-state index contributed by atoms with van der Waals surface area (Å²) in [7, 11) is -5.97. The lowest BCUT2D eigenvalue weighted by molar-refractivity contribution is 0.582. The van der Waals surface area contributed by atoms with Gasteiger partial charge in [-0.25, -0.2) is 26.3 Å². The quantitative estimate of drug-likeness (QED) is 0.775. The molecule has 0 bridgehead atoms. The monoisotopic (exact) mass is 368 g/mol. The average molecular weight is 369 g/mol. The molecule has 0 spiro atoms. The standard InChI is InChI=1S/C10H13BrN2O4S2/c1-8(11)7-13-19(16,17)10-5-3-9(4-6-10)18(14,15)12-2/h3-6,12-13H,1,7H2,2H3. The molecular formula is C10H13BrN2O4S2. The maximum atomic E-state index is 11.8. The van der Waals surface area contributed by atoms with E-state index in [1.54, 1.807) is 0 Å². The number of sulfonamides is 2. The summed E-state index contributed by atoms with van der Waals surface area (Å²) in [6.45, 7) is 3.57. The summed E-state index contributed by atoms with van der Waals surface area (Å²) in [6, 6.07) is 4.90. The Balaban J connectivity index is 3.03. The number of hydrogen-bond donors (Lipinski definition) is 2. The molecule has 106 valence electrons. The van der Waals surface area contributed by atoms with E-state index in [1.165, 1.54) is 31.3 Å². The van der Waals surface area contributed by atoms with Gasteiger partial charge in [0.05, 0.1) is 9.79 Å². The summed E-state index contributed by atoms with van der Waals surface area (Å²) in [5, 5.41) is 0. The predicted octanol–water partition coefficient (Wildman–Crippen LogP) is 0.782. The lowest BCUT2D eigenvalue weighted by atomic mass is 10.4. The molecule has 0 aromatic heterocycles. The van der Waals surface area contributed by atoms with Crippen molar-refractivity contribution in [3.05, 3.63) is 35.3 Å². The molecule has 2 N–H and O–H groups in total. The van der Waals surface area contributed by atoms with Gasteiger partial charge in [0.15, 0.2) is 0 Å². The van der Waals surface area contributed by atoms with Crippen molar-refractivity contribution < 1.29 is 16.8 Å². The van der Waals surface area contributed by atoms with Gasteiger partial charge in [-0.2, -0.15) is 0 Å². The molecule has 19 heavy (non-hydrogen) atoms. The number of rotatable bonds is 6. The third-order valence-corrected chi connectivity index (χ3v) is 5.29. The Morgan fingerprint density at radius 3 is 1.89 bits per heavy atom. The van der Waals surface area contributed by atoms with Crippen LogP contribution in [0.5, 0.6) is 0 Å². The van der Waals surface area contributed by atoms with Crippen molar-refractivity contribution in [2.75, 3.05) is 13.6 Å². The van der Waals surface area contributed by atoms with Crippen LogP contribution in [0.3, 0.4) is 0 Å². The lowest BCUT2D eigenvalue weighted by Crippen LogP contribution is -2.25. The Morgan fingerprint density at radius 2 is 1.53 bits per heavy atom. The third-order valence-electron chi connectivity index (χ3n) is 2.17. The highest BCUT2D eigenvalue weighted by Gasteiger charge is 2.16. The Bertz CT molecular complexity index is 666. The van der Waals surface area contributed by atoms with E-state index < -0.39 is 20.0 Å². The second-order valence-corrected chi connectivity index (χ2v) is 8.30. The smallest absolute Gasteiger partial charge is 0.214 e. The minimum absolute atomic E-state index is 0.00106. The summed E-state index contributed by atoms with van der Waals surface area (Å²) in [4.78, 5) is -0.0184. The van der Waals surface area contributed by atoms with Crippen LogP contribution in [-0.2, 0) is 20.0 Å². The topological polar surface area (TPSA) is 92.3 Å². The van der Waals surface area contributed by atoms with Gasteiger partial charge in [-0.3, -0.25) is 0 Å². The van der Waals surface area contributed by atoms with Crippen molar-refractivity contribution in [1.82, 2.24) is 9.44 Å². The highest BCUT2D eigenvalue weighted by atomic mass is 79.9. The molecule has 0 aliphatic heterocycles. The van der Waals surface area contributed by atoms with Crippen LogP contribution in [0.2, 0.25) is 0 Å². The van der Waals surface area contributed by atoms with E-state index in [-0.39, 0.29) is 16.3 Å². The maximum Gasteiger partial charge on any atom is 0.240 e. The molecular weight excluding hydrogens is 356 g/mol. The lowest BCUT2D eigenvalue weighted by Gasteiger charge is -2.07. The van der Waals surface area contributed by atoms with Gasteiger partial charge in [0.25, 0.3) is 0 Å². The number of halogens is 1. The molecule has 0 radical (unpaired) electrons. The molecule has 9 heteroatoms. The van der Waals surface area contributed by atoms with Crippen LogP contribution in [0, 0.1) is 0 Å². The molecule has 0 fully saturated rings. The van der Waals surface area contributed by atoms with Crippen LogP contribution < -0.4 is 9.44 Å². The van der Waals surface area contributed by atoms with Gasteiger partial charge in [0.2, 0.25) is 20.0 Å². The molecule has 6 nitrogen and oxygen atoms in total. The summed E-state index contributed by atoms with van der Waals surface area (Å²) in [5.74, 6) is 0. The molecule has 0 saturated carbocycles. The fraction of sp³-hybridized carbons (Fsp3) is 0.200. The summed E-state index contributed by atoms with van der Waals surface area (Å²) >= 11 is 3.04. The van der Waals surface area contributed by atoms with E-state index >= 15 is 0 Å². The van der Waals surface area contributed by atoms with E-state index in [9.17, 15) is 16.8 Å². The Morgan fingerprint density at radius 1 is 1.11 bits per heavy atom. The average Bonchev–Trinajstić information content (AvgIpc) is 2.37. The normalized spacial score (nSPS) is 12.3.